The summed E-state index contributed by atoms with van der Waals surface area (Å²) in [6.45, 7) is 0. The van der Waals surface area contributed by atoms with Crippen LogP contribution in [0.5, 0.6) is 0 Å². The number of rotatable bonds is 0. The molecule has 1 aromatic carbocycles. The lowest BCUT2D eigenvalue weighted by molar-refractivity contribution is 0.545. The molecule has 3 rings (SSSR count). The van der Waals surface area contributed by atoms with E-state index in [2.05, 4.69) is 9.97 Å². The number of thiophene rings is 1. The summed E-state index contributed by atoms with van der Waals surface area (Å²) < 4.78 is 14.9. The summed E-state index contributed by atoms with van der Waals surface area (Å²) in [5.74, 6) is 0. The van der Waals surface area contributed by atoms with Crippen molar-refractivity contribution in [3.8, 4) is 0 Å². The fourth-order valence-electron chi connectivity index (χ4n) is 1.49. The van der Waals surface area contributed by atoms with E-state index in [-0.39, 0.29) is 0 Å². The van der Waals surface area contributed by atoms with Gasteiger partial charge >= 0.3 is 6.08 Å². The molecule has 0 saturated heterocycles. The zero-order valence-corrected chi connectivity index (χ0v) is 7.88. The van der Waals surface area contributed by atoms with E-state index in [9.17, 15) is 4.39 Å². The van der Waals surface area contributed by atoms with Gasteiger partial charge in [-0.2, -0.15) is 4.39 Å². The molecule has 0 fully saturated rings. The smallest absolute Gasteiger partial charge is 0.209 e. The van der Waals surface area contributed by atoms with Gasteiger partial charge in [0.05, 0.1) is 16.4 Å². The summed E-state index contributed by atoms with van der Waals surface area (Å²) in [4.78, 5) is 7.33. The molecule has 2 aromatic heterocycles. The molecule has 0 saturated carbocycles. The third-order valence-electron chi connectivity index (χ3n) is 2.09. The molecule has 2 nitrogen and oxygen atoms in total. The van der Waals surface area contributed by atoms with Gasteiger partial charge in [-0.1, -0.05) is 18.2 Å². The second-order valence-corrected chi connectivity index (χ2v) is 4.03. The lowest BCUT2D eigenvalue weighted by atomic mass is 10.2. The zero-order valence-electron chi connectivity index (χ0n) is 7.07. The maximum Gasteiger partial charge on any atom is 0.309 e. The highest BCUT2D eigenvalue weighted by atomic mass is 32.1. The molecule has 2 heterocycles. The fraction of sp³-hybridized carbons (Fsp3) is 0. The van der Waals surface area contributed by atoms with Crippen LogP contribution in [0.25, 0.3) is 20.3 Å². The van der Waals surface area contributed by atoms with Gasteiger partial charge in [0.1, 0.15) is 0 Å². The quantitative estimate of drug-likeness (QED) is 0.526. The van der Waals surface area contributed by atoms with Gasteiger partial charge in [0.15, 0.2) is 0 Å². The van der Waals surface area contributed by atoms with Crippen LogP contribution in [0.1, 0.15) is 0 Å². The summed E-state index contributed by atoms with van der Waals surface area (Å²) in [5, 5.41) is 0.994. The first-order valence-corrected chi connectivity index (χ1v) is 4.96. The maximum atomic E-state index is 12.8. The Kier molecular flexibility index (Phi) is 1.52. The highest BCUT2D eigenvalue weighted by molar-refractivity contribution is 7.25. The number of nitrogens with zero attached hydrogens (tertiary/aromatic N) is 2. The molecule has 0 amide bonds. The Morgan fingerprint density at radius 1 is 1.14 bits per heavy atom. The average Bonchev–Trinajstić information content (AvgIpc) is 2.56. The Morgan fingerprint density at radius 2 is 2.00 bits per heavy atom. The first kappa shape index (κ1) is 7.82. The van der Waals surface area contributed by atoms with Gasteiger partial charge in [0.2, 0.25) is 0 Å². The van der Waals surface area contributed by atoms with Crippen molar-refractivity contribution in [2.45, 2.75) is 0 Å². The van der Waals surface area contributed by atoms with Crippen molar-refractivity contribution in [1.82, 2.24) is 9.97 Å². The largest absolute Gasteiger partial charge is 0.309 e. The third kappa shape index (κ3) is 1.01. The van der Waals surface area contributed by atoms with E-state index in [0.29, 0.717) is 5.52 Å². The molecule has 0 radical (unpaired) electrons. The fourth-order valence-corrected chi connectivity index (χ4v) is 2.50. The third-order valence-corrected chi connectivity index (χ3v) is 3.18. The van der Waals surface area contributed by atoms with Gasteiger partial charge in [0, 0.05) is 10.1 Å². The van der Waals surface area contributed by atoms with Crippen molar-refractivity contribution >= 4 is 31.6 Å². The molecule has 0 spiro atoms. The van der Waals surface area contributed by atoms with Crippen LogP contribution in [0, 0.1) is 6.08 Å². The summed E-state index contributed by atoms with van der Waals surface area (Å²) in [6.07, 6.45) is 0.864. The van der Waals surface area contributed by atoms with Crippen LogP contribution >= 0.6 is 11.3 Å². The van der Waals surface area contributed by atoms with Crippen LogP contribution in [-0.4, -0.2) is 9.97 Å². The Bertz CT molecular complexity index is 618. The number of hydrogen-bond donors (Lipinski definition) is 0. The highest BCUT2D eigenvalue weighted by Crippen LogP contribution is 2.31. The van der Waals surface area contributed by atoms with E-state index in [1.54, 1.807) is 11.3 Å². The minimum Gasteiger partial charge on any atom is -0.209 e. The van der Waals surface area contributed by atoms with E-state index in [1.807, 2.05) is 24.3 Å². The van der Waals surface area contributed by atoms with Crippen LogP contribution in [0.4, 0.5) is 4.39 Å². The summed E-state index contributed by atoms with van der Waals surface area (Å²) >= 11 is 1.58. The number of halogens is 1. The topological polar surface area (TPSA) is 25.8 Å². The van der Waals surface area contributed by atoms with Crippen molar-refractivity contribution in [2.75, 3.05) is 0 Å². The number of hydrogen-bond acceptors (Lipinski definition) is 3. The number of benzene rings is 1. The SMILES string of the molecule is Fc1ncc2sc3ccccc3c2n1. The average molecular weight is 204 g/mol. The van der Waals surface area contributed by atoms with Crippen molar-refractivity contribution in [3.05, 3.63) is 36.5 Å². The molecule has 0 N–H and O–H groups in total. The summed E-state index contributed by atoms with van der Waals surface area (Å²) in [7, 11) is 0. The molecular formula is C10H5FN2S. The second-order valence-electron chi connectivity index (χ2n) is 2.95. The van der Waals surface area contributed by atoms with Crippen molar-refractivity contribution in [1.29, 1.82) is 0 Å². The molecule has 0 atom stereocenters. The van der Waals surface area contributed by atoms with E-state index in [4.69, 9.17) is 0 Å². The molecule has 3 aromatic rings. The molecular weight excluding hydrogens is 199 g/mol. The van der Waals surface area contributed by atoms with E-state index < -0.39 is 6.08 Å². The van der Waals surface area contributed by atoms with Gasteiger partial charge < -0.3 is 0 Å². The lowest BCUT2D eigenvalue weighted by Crippen LogP contribution is -1.85. The monoisotopic (exact) mass is 204 g/mol. The molecule has 0 aliphatic carbocycles. The van der Waals surface area contributed by atoms with Crippen LogP contribution in [0.3, 0.4) is 0 Å². The lowest BCUT2D eigenvalue weighted by Gasteiger charge is -1.89. The minimum absolute atomic E-state index is 0.666. The van der Waals surface area contributed by atoms with E-state index >= 15 is 0 Å². The molecule has 0 bridgehead atoms. The predicted octanol–water partition coefficient (Wildman–Crippen LogP) is 2.98. The van der Waals surface area contributed by atoms with Crippen LogP contribution in [-0.2, 0) is 0 Å². The highest BCUT2D eigenvalue weighted by Gasteiger charge is 2.06. The normalized spacial score (nSPS) is 11.2. The Hall–Kier alpha value is -1.55. The Labute approximate surface area is 83.0 Å². The predicted molar refractivity (Wildman–Crippen MR) is 54.9 cm³/mol. The van der Waals surface area contributed by atoms with E-state index in [1.165, 1.54) is 6.20 Å². The first-order valence-electron chi connectivity index (χ1n) is 4.14. The molecule has 0 aliphatic rings. The molecule has 14 heavy (non-hydrogen) atoms. The van der Waals surface area contributed by atoms with Crippen LogP contribution in [0.15, 0.2) is 30.5 Å². The minimum atomic E-state index is -0.666. The molecule has 68 valence electrons. The number of fused-ring (bicyclic) bond motifs is 3. The molecule has 4 heteroatoms. The van der Waals surface area contributed by atoms with Gasteiger partial charge in [-0.25, -0.2) is 9.97 Å². The summed E-state index contributed by atoms with van der Waals surface area (Å²) in [6, 6.07) is 7.83. The Balaban J connectivity index is 2.58. The van der Waals surface area contributed by atoms with Gasteiger partial charge in [-0.3, -0.25) is 0 Å². The first-order chi connectivity index (χ1) is 6.84. The number of aromatic nitrogens is 2. The molecule has 0 aliphatic heterocycles. The van der Waals surface area contributed by atoms with Crippen molar-refractivity contribution in [3.63, 3.8) is 0 Å². The van der Waals surface area contributed by atoms with Gasteiger partial charge in [-0.15, -0.1) is 11.3 Å². The maximum absolute atomic E-state index is 12.8. The van der Waals surface area contributed by atoms with Gasteiger partial charge in [0.25, 0.3) is 0 Å². The van der Waals surface area contributed by atoms with Crippen LogP contribution < -0.4 is 0 Å². The van der Waals surface area contributed by atoms with Crippen molar-refractivity contribution in [2.24, 2.45) is 0 Å². The van der Waals surface area contributed by atoms with Crippen molar-refractivity contribution < 1.29 is 4.39 Å². The molecule has 0 unspecified atom stereocenters. The van der Waals surface area contributed by atoms with Gasteiger partial charge in [-0.05, 0) is 6.07 Å². The van der Waals surface area contributed by atoms with Crippen LogP contribution in [0.2, 0.25) is 0 Å². The Morgan fingerprint density at radius 3 is 2.93 bits per heavy atom. The zero-order chi connectivity index (χ0) is 9.54. The standard InChI is InChI=1S/C10H5FN2S/c11-10-12-5-8-9(13-10)6-3-1-2-4-7(6)14-8/h1-5H. The van der Waals surface area contributed by atoms with E-state index in [0.717, 1.165) is 14.8 Å². The second kappa shape index (κ2) is 2.72. The summed E-state index contributed by atoms with van der Waals surface area (Å²) in [5.41, 5.74) is 0.707.